The third kappa shape index (κ3) is 3.35. The largest absolute Gasteiger partial charge is 0.351 e. The highest BCUT2D eigenvalue weighted by atomic mass is 16.2. The van der Waals surface area contributed by atoms with Gasteiger partial charge in [-0.15, -0.1) is 0 Å². The SMILES string of the molecule is Cc1cc(C)c2cc(C(=O)N3CCN(Cc4cccnc4)CC3)[nH]c2c1. The quantitative estimate of drug-likeness (QED) is 0.791. The number of carbonyl (C=O) groups is 1. The third-order valence-corrected chi connectivity index (χ3v) is 5.11. The lowest BCUT2D eigenvalue weighted by atomic mass is 10.1. The molecule has 0 bridgehead atoms. The van der Waals surface area contributed by atoms with E-state index >= 15 is 0 Å². The summed E-state index contributed by atoms with van der Waals surface area (Å²) < 4.78 is 0. The number of aromatic amines is 1. The van der Waals surface area contributed by atoms with Gasteiger partial charge in [-0.2, -0.15) is 0 Å². The van der Waals surface area contributed by atoms with Gasteiger partial charge in [0, 0.05) is 56.0 Å². The van der Waals surface area contributed by atoms with Crippen LogP contribution in [0.3, 0.4) is 0 Å². The molecule has 0 unspecified atom stereocenters. The van der Waals surface area contributed by atoms with Gasteiger partial charge in [-0.05, 0) is 48.7 Å². The zero-order chi connectivity index (χ0) is 18.1. The molecule has 134 valence electrons. The summed E-state index contributed by atoms with van der Waals surface area (Å²) in [5.74, 6) is 0.0966. The summed E-state index contributed by atoms with van der Waals surface area (Å²) in [6, 6.07) is 10.3. The van der Waals surface area contributed by atoms with Gasteiger partial charge in [-0.3, -0.25) is 14.7 Å². The maximum atomic E-state index is 12.9. The molecule has 5 heteroatoms. The number of amides is 1. The summed E-state index contributed by atoms with van der Waals surface area (Å²) in [7, 11) is 0. The second kappa shape index (κ2) is 6.92. The number of nitrogens with one attached hydrogen (secondary N) is 1. The number of pyridine rings is 1. The number of fused-ring (bicyclic) bond motifs is 1. The van der Waals surface area contributed by atoms with E-state index in [0.717, 1.165) is 43.6 Å². The van der Waals surface area contributed by atoms with Crippen LogP contribution >= 0.6 is 0 Å². The normalized spacial score (nSPS) is 15.5. The van der Waals surface area contributed by atoms with E-state index in [4.69, 9.17) is 0 Å². The topological polar surface area (TPSA) is 52.2 Å². The van der Waals surface area contributed by atoms with Gasteiger partial charge >= 0.3 is 0 Å². The van der Waals surface area contributed by atoms with Gasteiger partial charge in [0.2, 0.25) is 0 Å². The Kier molecular flexibility index (Phi) is 4.47. The van der Waals surface area contributed by atoms with E-state index in [2.05, 4.69) is 46.9 Å². The van der Waals surface area contributed by atoms with Crippen LogP contribution in [-0.2, 0) is 6.54 Å². The Morgan fingerprint density at radius 2 is 1.96 bits per heavy atom. The lowest BCUT2D eigenvalue weighted by Crippen LogP contribution is -2.48. The number of aromatic nitrogens is 2. The van der Waals surface area contributed by atoms with Crippen LogP contribution in [0.4, 0.5) is 0 Å². The van der Waals surface area contributed by atoms with E-state index in [-0.39, 0.29) is 5.91 Å². The van der Waals surface area contributed by atoms with Crippen molar-refractivity contribution < 1.29 is 4.79 Å². The van der Waals surface area contributed by atoms with Gasteiger partial charge in [-0.1, -0.05) is 12.1 Å². The van der Waals surface area contributed by atoms with Crippen molar-refractivity contribution in [2.24, 2.45) is 0 Å². The molecule has 3 heterocycles. The molecule has 1 fully saturated rings. The number of hydrogen-bond donors (Lipinski definition) is 1. The number of benzene rings is 1. The van der Waals surface area contributed by atoms with Crippen LogP contribution in [0.25, 0.3) is 10.9 Å². The highest BCUT2D eigenvalue weighted by Crippen LogP contribution is 2.22. The average Bonchev–Trinajstić information content (AvgIpc) is 3.07. The number of aryl methyl sites for hydroxylation is 2. The summed E-state index contributed by atoms with van der Waals surface area (Å²) in [6.07, 6.45) is 3.70. The maximum absolute atomic E-state index is 12.9. The van der Waals surface area contributed by atoms with Crippen LogP contribution < -0.4 is 0 Å². The molecule has 3 aromatic rings. The lowest BCUT2D eigenvalue weighted by molar-refractivity contribution is 0.0623. The molecule has 1 N–H and O–H groups in total. The molecule has 1 aliphatic rings. The Labute approximate surface area is 153 Å². The van der Waals surface area contributed by atoms with E-state index in [1.807, 2.05) is 23.2 Å². The lowest BCUT2D eigenvalue weighted by Gasteiger charge is -2.34. The molecular weight excluding hydrogens is 324 g/mol. The predicted molar refractivity (Wildman–Crippen MR) is 103 cm³/mol. The Hall–Kier alpha value is -2.66. The van der Waals surface area contributed by atoms with Gasteiger partial charge < -0.3 is 9.88 Å². The first kappa shape index (κ1) is 16.8. The van der Waals surface area contributed by atoms with Crippen LogP contribution in [-0.4, -0.2) is 51.9 Å². The molecule has 0 radical (unpaired) electrons. The van der Waals surface area contributed by atoms with Crippen molar-refractivity contribution in [3.63, 3.8) is 0 Å². The molecule has 0 saturated carbocycles. The van der Waals surface area contributed by atoms with Gasteiger partial charge in [-0.25, -0.2) is 0 Å². The molecule has 4 rings (SSSR count). The first-order valence-electron chi connectivity index (χ1n) is 9.10. The van der Waals surface area contributed by atoms with Gasteiger partial charge in [0.25, 0.3) is 5.91 Å². The fourth-order valence-electron chi connectivity index (χ4n) is 3.74. The van der Waals surface area contributed by atoms with Crippen molar-refractivity contribution in [2.45, 2.75) is 20.4 Å². The van der Waals surface area contributed by atoms with Gasteiger partial charge in [0.15, 0.2) is 0 Å². The smallest absolute Gasteiger partial charge is 0.270 e. The van der Waals surface area contributed by atoms with Crippen LogP contribution in [0, 0.1) is 13.8 Å². The zero-order valence-electron chi connectivity index (χ0n) is 15.3. The Morgan fingerprint density at radius 1 is 1.15 bits per heavy atom. The Morgan fingerprint density at radius 3 is 2.69 bits per heavy atom. The fourth-order valence-corrected chi connectivity index (χ4v) is 3.74. The molecular formula is C21H24N4O. The monoisotopic (exact) mass is 348 g/mol. The molecule has 1 aliphatic heterocycles. The summed E-state index contributed by atoms with van der Waals surface area (Å²) in [5.41, 5.74) is 5.36. The maximum Gasteiger partial charge on any atom is 0.270 e. The number of piperazine rings is 1. The van der Waals surface area contributed by atoms with Crippen molar-refractivity contribution >= 4 is 16.8 Å². The molecule has 2 aromatic heterocycles. The second-order valence-corrected chi connectivity index (χ2v) is 7.16. The molecule has 1 aromatic carbocycles. The number of carbonyl (C=O) groups excluding carboxylic acids is 1. The van der Waals surface area contributed by atoms with Crippen molar-refractivity contribution in [1.29, 1.82) is 0 Å². The van der Waals surface area contributed by atoms with Crippen molar-refractivity contribution in [3.8, 4) is 0 Å². The molecule has 0 spiro atoms. The summed E-state index contributed by atoms with van der Waals surface area (Å²) >= 11 is 0. The van der Waals surface area contributed by atoms with E-state index in [1.54, 1.807) is 6.20 Å². The van der Waals surface area contributed by atoms with E-state index < -0.39 is 0 Å². The second-order valence-electron chi connectivity index (χ2n) is 7.16. The summed E-state index contributed by atoms with van der Waals surface area (Å²) in [4.78, 5) is 24.7. The minimum Gasteiger partial charge on any atom is -0.351 e. The van der Waals surface area contributed by atoms with E-state index in [1.165, 1.54) is 16.7 Å². The fraction of sp³-hybridized carbons (Fsp3) is 0.333. The van der Waals surface area contributed by atoms with Crippen molar-refractivity contribution in [3.05, 3.63) is 65.1 Å². The van der Waals surface area contributed by atoms with Crippen LogP contribution in [0.15, 0.2) is 42.7 Å². The summed E-state index contributed by atoms with van der Waals surface area (Å²) in [5, 5.41) is 1.13. The van der Waals surface area contributed by atoms with Gasteiger partial charge in [0.05, 0.1) is 0 Å². The van der Waals surface area contributed by atoms with Crippen LogP contribution in [0.2, 0.25) is 0 Å². The highest BCUT2D eigenvalue weighted by molar-refractivity contribution is 5.99. The molecule has 5 nitrogen and oxygen atoms in total. The first-order valence-corrected chi connectivity index (χ1v) is 9.10. The number of nitrogens with zero attached hydrogens (tertiary/aromatic N) is 3. The van der Waals surface area contributed by atoms with Crippen LogP contribution in [0.5, 0.6) is 0 Å². The molecule has 26 heavy (non-hydrogen) atoms. The Balaban J connectivity index is 1.43. The minimum atomic E-state index is 0.0966. The predicted octanol–water partition coefficient (Wildman–Crippen LogP) is 3.14. The average molecular weight is 348 g/mol. The van der Waals surface area contributed by atoms with E-state index in [9.17, 15) is 4.79 Å². The molecule has 0 atom stereocenters. The number of H-pyrrole nitrogens is 1. The highest BCUT2D eigenvalue weighted by Gasteiger charge is 2.23. The number of rotatable bonds is 3. The first-order chi connectivity index (χ1) is 12.6. The van der Waals surface area contributed by atoms with Crippen molar-refractivity contribution in [1.82, 2.24) is 19.8 Å². The summed E-state index contributed by atoms with van der Waals surface area (Å²) in [6.45, 7) is 8.35. The van der Waals surface area contributed by atoms with E-state index in [0.29, 0.717) is 5.69 Å². The Bertz CT molecular complexity index is 924. The standard InChI is InChI=1S/C21H24N4O/c1-15-10-16(2)18-12-20(23-19(18)11-15)21(26)25-8-6-24(7-9-25)14-17-4-3-5-22-13-17/h3-5,10-13,23H,6-9,14H2,1-2H3. The third-order valence-electron chi connectivity index (χ3n) is 5.11. The molecule has 0 aliphatic carbocycles. The van der Waals surface area contributed by atoms with Crippen LogP contribution in [0.1, 0.15) is 27.2 Å². The number of hydrogen-bond acceptors (Lipinski definition) is 3. The minimum absolute atomic E-state index is 0.0966. The van der Waals surface area contributed by atoms with Crippen molar-refractivity contribution in [2.75, 3.05) is 26.2 Å². The molecule has 1 saturated heterocycles. The zero-order valence-corrected chi connectivity index (χ0v) is 15.3. The van der Waals surface area contributed by atoms with Gasteiger partial charge in [0.1, 0.15) is 5.69 Å². The molecule has 1 amide bonds.